The summed E-state index contributed by atoms with van der Waals surface area (Å²) in [6, 6.07) is 0. The quantitative estimate of drug-likeness (QED) is 0.228. The Hall–Kier alpha value is 2.70. The first kappa shape index (κ1) is 33.3. The summed E-state index contributed by atoms with van der Waals surface area (Å²) in [6.45, 7) is 5.39. The van der Waals surface area contributed by atoms with Crippen molar-refractivity contribution >= 4 is 37.1 Å². The summed E-state index contributed by atoms with van der Waals surface area (Å²) in [5, 5.41) is 0. The number of rotatable bonds is 0. The average Bonchev–Trinajstić information content (AvgIpc) is 1.70. The fraction of sp³-hybridized carbons (Fsp3) is 1.00. The van der Waals surface area contributed by atoms with Crippen LogP contribution in [0.4, 0.5) is 0 Å². The van der Waals surface area contributed by atoms with E-state index in [0.29, 0.717) is 0 Å². The molecule has 0 saturated carbocycles. The van der Waals surface area contributed by atoms with Crippen LogP contribution in [-0.2, 0) is 23.6 Å². The maximum absolute atomic E-state index is 7.56. The van der Waals surface area contributed by atoms with Gasteiger partial charge in [0.2, 0.25) is 0 Å². The molecule has 0 aliphatic rings. The van der Waals surface area contributed by atoms with Gasteiger partial charge in [0, 0.05) is 0 Å². The third-order valence-corrected chi connectivity index (χ3v) is 0. The first-order chi connectivity index (χ1) is 7.46. The maximum Gasteiger partial charge on any atom is 1.00 e. The maximum atomic E-state index is 7.56. The normalized spacial score (nSPS) is 10.0. The molecule has 0 bridgehead atoms. The topological polar surface area (TPSA) is 121 Å². The number of hydrogen-bond acceptors (Lipinski definition) is 2. The van der Waals surface area contributed by atoms with Crippen molar-refractivity contribution in [1.29, 1.82) is 0 Å². The van der Waals surface area contributed by atoms with Crippen molar-refractivity contribution in [3.8, 4) is 0 Å². The van der Waals surface area contributed by atoms with E-state index < -0.39 is 13.4 Å². The molecule has 0 atom stereocenters. The molecular weight excluding hydrogens is 357 g/mol. The van der Waals surface area contributed by atoms with Gasteiger partial charge < -0.3 is 30.8 Å². The summed E-state index contributed by atoms with van der Waals surface area (Å²) in [7, 11) is 0. The van der Waals surface area contributed by atoms with Crippen LogP contribution in [0.5, 0.6) is 0 Å². The Labute approximate surface area is 170 Å². The molecule has 6 N–H and O–H groups in total. The summed E-state index contributed by atoms with van der Waals surface area (Å²) in [5.41, 5.74) is 0. The molecule has 118 valence electrons. The van der Waals surface area contributed by atoms with Gasteiger partial charge in [0.15, 0.2) is 0 Å². The van der Waals surface area contributed by atoms with Gasteiger partial charge in [0.05, 0.1) is 0 Å². The molecule has 0 amide bonds. The van der Waals surface area contributed by atoms with Gasteiger partial charge >= 0.3 is 64.8 Å². The van der Waals surface area contributed by atoms with E-state index in [1.165, 1.54) is 0 Å². The summed E-state index contributed by atoms with van der Waals surface area (Å²) < 4.78 is 0. The SMILES string of the molecule is CC(C)C.CC(C)C.OP(O)(O)=S.OP(O)(O)=S.[H-].[K+]. The van der Waals surface area contributed by atoms with Crippen LogP contribution in [0.1, 0.15) is 43.0 Å². The zero-order valence-electron chi connectivity index (χ0n) is 13.5. The second kappa shape index (κ2) is 18.7. The minimum absolute atomic E-state index is 0. The zero-order chi connectivity index (χ0) is 16.2. The van der Waals surface area contributed by atoms with E-state index in [1.54, 1.807) is 0 Å². The molecule has 0 aromatic rings. The Bertz CT molecular complexity index is 211. The van der Waals surface area contributed by atoms with Crippen molar-refractivity contribution in [2.45, 2.75) is 41.5 Å². The minimum atomic E-state index is -3.81. The van der Waals surface area contributed by atoms with Gasteiger partial charge in [-0.3, -0.25) is 0 Å². The smallest absolute Gasteiger partial charge is 1.00 e. The van der Waals surface area contributed by atoms with E-state index in [2.05, 4.69) is 65.2 Å². The molecule has 0 spiro atoms. The van der Waals surface area contributed by atoms with Gasteiger partial charge in [-0.05, 0) is 35.4 Å². The Balaban J connectivity index is -0.0000000318. The van der Waals surface area contributed by atoms with Crippen LogP contribution in [0.2, 0.25) is 0 Å². The van der Waals surface area contributed by atoms with Crippen LogP contribution in [0, 0.1) is 11.8 Å². The summed E-state index contributed by atoms with van der Waals surface area (Å²) in [5.74, 6) is 1.67. The molecule has 0 unspecified atom stereocenters. The molecule has 0 radical (unpaired) electrons. The van der Waals surface area contributed by atoms with Crippen LogP contribution < -0.4 is 51.4 Å². The first-order valence-electron chi connectivity index (χ1n) is 5.03. The second-order valence-corrected chi connectivity index (χ2v) is 9.48. The van der Waals surface area contributed by atoms with Gasteiger partial charge in [-0.25, -0.2) is 0 Å². The molecule has 0 aliphatic heterocycles. The van der Waals surface area contributed by atoms with Gasteiger partial charge in [-0.2, -0.15) is 0 Å². The van der Waals surface area contributed by atoms with Crippen molar-refractivity contribution in [2.24, 2.45) is 11.8 Å². The van der Waals surface area contributed by atoms with Crippen molar-refractivity contribution in [2.75, 3.05) is 0 Å². The van der Waals surface area contributed by atoms with Crippen molar-refractivity contribution in [3.63, 3.8) is 0 Å². The first-order valence-corrected chi connectivity index (χ1v) is 10.4. The van der Waals surface area contributed by atoms with E-state index in [4.69, 9.17) is 29.4 Å². The monoisotopic (exact) mass is 384 g/mol. The Morgan fingerprint density at radius 1 is 0.632 bits per heavy atom. The third kappa shape index (κ3) is 995. The van der Waals surface area contributed by atoms with Gasteiger partial charge in [0.25, 0.3) is 0 Å². The van der Waals surface area contributed by atoms with Crippen LogP contribution >= 0.6 is 13.4 Å². The fourth-order valence-corrected chi connectivity index (χ4v) is 0. The van der Waals surface area contributed by atoms with Crippen LogP contribution in [0.25, 0.3) is 0 Å². The van der Waals surface area contributed by atoms with Crippen molar-refractivity contribution in [3.05, 3.63) is 0 Å². The molecule has 6 nitrogen and oxygen atoms in total. The van der Waals surface area contributed by atoms with Gasteiger partial charge in [-0.15, -0.1) is 0 Å². The molecule has 0 aliphatic carbocycles. The predicted molar refractivity (Wildman–Crippen MR) is 84.0 cm³/mol. The van der Waals surface area contributed by atoms with Gasteiger partial charge in [-0.1, -0.05) is 41.5 Å². The molecule has 11 heteroatoms. The van der Waals surface area contributed by atoms with Gasteiger partial charge in [0.1, 0.15) is 0 Å². The van der Waals surface area contributed by atoms with E-state index in [1.807, 2.05) is 0 Å². The predicted octanol–water partition coefficient (Wildman–Crippen LogP) is -1.18. The summed E-state index contributed by atoms with van der Waals surface area (Å²) in [6.07, 6.45) is 0. The molecular formula is C8H27KO6P2S2. The molecule has 0 saturated heterocycles. The van der Waals surface area contributed by atoms with Crippen LogP contribution in [-0.4, -0.2) is 29.4 Å². The Morgan fingerprint density at radius 3 is 0.632 bits per heavy atom. The average molecular weight is 384 g/mol. The summed E-state index contributed by atoms with van der Waals surface area (Å²) >= 11 is 7.21. The Morgan fingerprint density at radius 2 is 0.632 bits per heavy atom. The molecule has 0 fully saturated rings. The minimum Gasteiger partial charge on any atom is -1.00 e. The van der Waals surface area contributed by atoms with E-state index in [9.17, 15) is 0 Å². The summed E-state index contributed by atoms with van der Waals surface area (Å²) in [4.78, 5) is 45.3. The molecule has 0 aromatic carbocycles. The van der Waals surface area contributed by atoms with Crippen molar-refractivity contribution in [1.82, 2.24) is 0 Å². The second-order valence-electron chi connectivity index (χ2n) is 4.49. The fourth-order valence-electron chi connectivity index (χ4n) is 0. The molecule has 0 rings (SSSR count). The van der Waals surface area contributed by atoms with E-state index in [0.717, 1.165) is 11.8 Å². The standard InChI is InChI=1S/2C4H10.K.2H3O3PS.H/c2*1-4(2)3;;2*1-4(2,3)5;/h2*4H,1-3H3;;2*(H3,1,2,3,5);/q;;+1;;;-1. The Kier molecular flexibility index (Phi) is 32.9. The molecule has 0 heterocycles. The van der Waals surface area contributed by atoms with Crippen LogP contribution in [0.3, 0.4) is 0 Å². The van der Waals surface area contributed by atoms with E-state index >= 15 is 0 Å². The molecule has 0 aromatic heterocycles. The van der Waals surface area contributed by atoms with E-state index in [-0.39, 0.29) is 52.8 Å². The zero-order valence-corrected chi connectivity index (χ0v) is 19.1. The number of hydrogen-bond donors (Lipinski definition) is 6. The van der Waals surface area contributed by atoms with Crippen LogP contribution in [0.15, 0.2) is 0 Å². The largest absolute Gasteiger partial charge is 1.00 e. The third-order valence-electron chi connectivity index (χ3n) is 0. The molecule has 19 heavy (non-hydrogen) atoms. The van der Waals surface area contributed by atoms with Crippen molar-refractivity contribution < 1.29 is 82.2 Å².